The molecule has 0 aromatic rings. The fourth-order valence-corrected chi connectivity index (χ4v) is 12.6. The Morgan fingerprint density at radius 3 is 0.809 bits per heavy atom. The van der Waals surface area contributed by atoms with Crippen LogP contribution in [0, 0.1) is 11.8 Å². The number of aliphatic hydroxyl groups is 2. The molecule has 0 bridgehead atoms. The highest BCUT2D eigenvalue weighted by Crippen LogP contribution is 2.25. The van der Waals surface area contributed by atoms with E-state index in [0.29, 0.717) is 26.1 Å². The van der Waals surface area contributed by atoms with Crippen LogP contribution in [0.25, 0.3) is 0 Å². The summed E-state index contributed by atoms with van der Waals surface area (Å²) in [7, 11) is 0. The summed E-state index contributed by atoms with van der Waals surface area (Å²) in [6.45, 7) is 16.1. The molecule has 0 aromatic heterocycles. The number of unbranched alkanes of at least 4 members (excludes halogenated alkanes) is 48. The van der Waals surface area contributed by atoms with E-state index in [4.69, 9.17) is 31.9 Å². The average Bonchev–Trinajstić information content (AvgIpc) is 3.54. The molecule has 5 N–H and O–H groups in total. The van der Waals surface area contributed by atoms with Gasteiger partial charge in [0.25, 0.3) is 0 Å². The highest BCUT2D eigenvalue weighted by Gasteiger charge is 2.15. The van der Waals surface area contributed by atoms with Crippen LogP contribution in [0.5, 0.6) is 0 Å². The van der Waals surface area contributed by atoms with Crippen molar-refractivity contribution in [3.63, 3.8) is 0 Å². The van der Waals surface area contributed by atoms with Gasteiger partial charge in [-0.3, -0.25) is 9.59 Å². The summed E-state index contributed by atoms with van der Waals surface area (Å²) in [4.78, 5) is 22.9. The van der Waals surface area contributed by atoms with Crippen molar-refractivity contribution in [1.29, 1.82) is 0 Å². The Labute approximate surface area is 563 Å². The van der Waals surface area contributed by atoms with Crippen molar-refractivity contribution in [2.45, 2.75) is 452 Å². The number of halogens is 1. The zero-order valence-electron chi connectivity index (χ0n) is 61.4. The second kappa shape index (κ2) is 83.3. The van der Waals surface area contributed by atoms with Gasteiger partial charge < -0.3 is 30.7 Å². The largest absolute Gasteiger partial charge is 0.395 e. The third-order valence-corrected chi connectivity index (χ3v) is 18.8. The molecule has 1 amide bonds. The van der Waals surface area contributed by atoms with Crippen LogP contribution in [0.2, 0.25) is 0 Å². The number of hydrogen-bond donors (Lipinski definition) is 4. The lowest BCUT2D eigenvalue weighted by Crippen LogP contribution is -2.40. The lowest BCUT2D eigenvalue weighted by atomic mass is 9.91. The molecule has 0 rings (SSSR count). The number of aliphatic hydroxyl groups excluding tert-OH is 2. The van der Waals surface area contributed by atoms with Crippen LogP contribution in [-0.4, -0.2) is 73.1 Å². The molecule has 0 radical (unpaired) electrons. The Bertz CT molecular complexity index is 1290. The van der Waals surface area contributed by atoms with Crippen LogP contribution in [0.15, 0.2) is 0 Å². The second-order valence-electron chi connectivity index (χ2n) is 27.8. The van der Waals surface area contributed by atoms with E-state index in [1.165, 1.54) is 347 Å². The van der Waals surface area contributed by atoms with Crippen molar-refractivity contribution in [3.8, 4) is 0 Å². The first-order chi connectivity index (χ1) is 43.7. The molecule has 0 fully saturated rings. The molecular weight excluding hydrogens is 1120 g/mol. The number of nitrogens with one attached hydrogen (secondary N) is 1. The molecule has 0 saturated carbocycles. The number of carbonyl (C=O) groups excluding carboxylic acids is 2. The van der Waals surface area contributed by atoms with Gasteiger partial charge in [-0.15, -0.1) is 0 Å². The summed E-state index contributed by atoms with van der Waals surface area (Å²) in [6, 6.07) is -0.511. The van der Waals surface area contributed by atoms with E-state index in [0.717, 1.165) is 63.6 Å². The van der Waals surface area contributed by atoms with Gasteiger partial charge in [0.1, 0.15) is 0 Å². The first-order valence-corrected chi connectivity index (χ1v) is 40.7. The molecule has 0 heterocycles. The average molecular weight is 1280 g/mol. The van der Waals surface area contributed by atoms with Crippen LogP contribution >= 0.6 is 11.6 Å². The zero-order valence-corrected chi connectivity index (χ0v) is 62.1. The van der Waals surface area contributed by atoms with Gasteiger partial charge in [-0.1, -0.05) is 401 Å². The first-order valence-electron chi connectivity index (χ1n) is 40.3. The smallest absolute Gasteiger partial charge is 0.221 e. The fourth-order valence-electron chi connectivity index (χ4n) is 12.5. The molecule has 0 aliphatic carbocycles. The summed E-state index contributed by atoms with van der Waals surface area (Å²) in [5.74, 6) is 1.61. The van der Waals surface area contributed by atoms with Gasteiger partial charge in [-0.25, -0.2) is 0 Å². The standard InChI is InChI=1S/C40H81NO3.C26H55NO2.C14H27ClO/c1-4-7-10-13-15-17-19-21-23-26-29-32-38(31-28-25-12-9-6-3)34-35-44-37-39(36-42)41-40(43)33-30-27-24-22-20-18-16-14-11-8-5-2;1-3-5-7-9-10-11-12-13-14-16-18-20-25(19-17-15-8-6-4-2)21-22-29-24-26(27)23-28;1-2-3-4-5-6-7-8-9-10-11-12-13-14(15)16/h38-39,42H,4-37H2,1-3H3,(H,41,43);25-26,28H,3-24,27H2,1-2H3;2-13H2,1H3/t38-,39+;25-,26+;/m11./s1. The SMILES string of the molecule is CCCCCCCCCCCCCC(=O)Cl.CCCCCCCCCCCCCC(=O)N[C@@H](CO)COCC[C@H](CCCCCCC)CCCCCCCCCCCCC.CCCCCCCCCCCCC[C@@H](CCCCCCC)CCOC[C@@H](N)CO. The maximum Gasteiger partial charge on any atom is 0.221 e. The van der Waals surface area contributed by atoms with E-state index in [2.05, 4.69) is 46.9 Å². The van der Waals surface area contributed by atoms with Gasteiger partial charge in [-0.2, -0.15) is 0 Å². The monoisotopic (exact) mass is 1280 g/mol. The van der Waals surface area contributed by atoms with Crippen molar-refractivity contribution in [2.75, 3.05) is 39.6 Å². The molecule has 4 atom stereocenters. The Kier molecular flexibility index (Phi) is 86.5. The molecule has 0 aliphatic rings. The minimum Gasteiger partial charge on any atom is -0.395 e. The van der Waals surface area contributed by atoms with Crippen molar-refractivity contribution >= 4 is 22.8 Å². The van der Waals surface area contributed by atoms with E-state index < -0.39 is 0 Å². The summed E-state index contributed by atoms with van der Waals surface area (Å²) in [6.07, 6.45) is 81.9. The third-order valence-electron chi connectivity index (χ3n) is 18.7. The number of carbonyl (C=O) groups is 2. The van der Waals surface area contributed by atoms with E-state index in [-0.39, 0.29) is 36.4 Å². The minimum absolute atomic E-state index is 0.0135. The van der Waals surface area contributed by atoms with E-state index in [1.807, 2.05) is 0 Å². The topological polar surface area (TPSA) is 131 Å². The van der Waals surface area contributed by atoms with Crippen LogP contribution in [-0.2, 0) is 19.1 Å². The van der Waals surface area contributed by atoms with Crippen molar-refractivity contribution in [3.05, 3.63) is 0 Å². The number of ether oxygens (including phenoxy) is 2. The molecule has 0 saturated heterocycles. The predicted molar refractivity (Wildman–Crippen MR) is 394 cm³/mol. The Balaban J connectivity index is -0.00000140. The molecule has 8 nitrogen and oxygen atoms in total. The summed E-state index contributed by atoms with van der Waals surface area (Å²) in [5, 5.41) is 21.6. The highest BCUT2D eigenvalue weighted by molar-refractivity contribution is 6.63. The van der Waals surface area contributed by atoms with E-state index in [1.54, 1.807) is 0 Å². The number of rotatable bonds is 73. The molecule has 0 aliphatic heterocycles. The Morgan fingerprint density at radius 1 is 0.326 bits per heavy atom. The van der Waals surface area contributed by atoms with Crippen LogP contribution < -0.4 is 11.1 Å². The van der Waals surface area contributed by atoms with Gasteiger partial charge in [0.05, 0.1) is 38.5 Å². The Hall–Kier alpha value is -0.770. The minimum atomic E-state index is -0.283. The van der Waals surface area contributed by atoms with Crippen molar-refractivity contribution < 1.29 is 29.3 Å². The molecular formula is C80H163ClN2O6. The van der Waals surface area contributed by atoms with E-state index in [9.17, 15) is 14.7 Å². The van der Waals surface area contributed by atoms with Crippen molar-refractivity contribution in [2.24, 2.45) is 17.6 Å². The maximum atomic E-state index is 12.4. The highest BCUT2D eigenvalue weighted by atomic mass is 35.5. The summed E-state index contributed by atoms with van der Waals surface area (Å²) < 4.78 is 11.7. The molecule has 89 heavy (non-hydrogen) atoms. The van der Waals surface area contributed by atoms with E-state index >= 15 is 0 Å². The van der Waals surface area contributed by atoms with Gasteiger partial charge in [0.15, 0.2) is 0 Å². The zero-order chi connectivity index (χ0) is 65.7. The lowest BCUT2D eigenvalue weighted by Gasteiger charge is -2.19. The summed E-state index contributed by atoms with van der Waals surface area (Å²) in [5.41, 5.74) is 5.72. The molecule has 536 valence electrons. The fraction of sp³-hybridized carbons (Fsp3) is 0.975. The van der Waals surface area contributed by atoms with Gasteiger partial charge >= 0.3 is 0 Å². The molecule has 0 unspecified atom stereocenters. The Morgan fingerprint density at radius 2 is 0.562 bits per heavy atom. The van der Waals surface area contributed by atoms with Gasteiger partial charge in [-0.05, 0) is 49.1 Å². The van der Waals surface area contributed by atoms with Gasteiger partial charge in [0, 0.05) is 26.1 Å². The second-order valence-corrected chi connectivity index (χ2v) is 28.3. The van der Waals surface area contributed by atoms with Gasteiger partial charge in [0.2, 0.25) is 11.1 Å². The quantitative estimate of drug-likeness (QED) is 0.0352. The lowest BCUT2D eigenvalue weighted by molar-refractivity contribution is -0.122. The summed E-state index contributed by atoms with van der Waals surface area (Å²) >= 11 is 5.26. The molecule has 0 spiro atoms. The normalized spacial score (nSPS) is 12.7. The van der Waals surface area contributed by atoms with Crippen LogP contribution in [0.1, 0.15) is 440 Å². The number of hydrogen-bond acceptors (Lipinski definition) is 7. The first kappa shape index (κ1) is 92.4. The number of amides is 1. The molecule has 9 heteroatoms. The van der Waals surface area contributed by atoms with Crippen molar-refractivity contribution in [1.82, 2.24) is 5.32 Å². The third kappa shape index (κ3) is 83.3. The van der Waals surface area contributed by atoms with Crippen LogP contribution in [0.4, 0.5) is 0 Å². The predicted octanol–water partition coefficient (Wildman–Crippen LogP) is 25.1. The number of nitrogens with two attached hydrogens (primary N) is 1. The maximum absolute atomic E-state index is 12.4. The van der Waals surface area contributed by atoms with Crippen LogP contribution in [0.3, 0.4) is 0 Å². The molecule has 0 aromatic carbocycles.